The van der Waals surface area contributed by atoms with Gasteiger partial charge >= 0.3 is 10.1 Å². The monoisotopic (exact) mass is 415 g/mol. The van der Waals surface area contributed by atoms with Crippen LogP contribution in [0.3, 0.4) is 0 Å². The quantitative estimate of drug-likeness (QED) is 0.489. The Kier molecular flexibility index (Phi) is 7.06. The summed E-state index contributed by atoms with van der Waals surface area (Å²) in [5.41, 5.74) is 1.84. The molecule has 0 bridgehead atoms. The Morgan fingerprint density at radius 1 is 1.17 bits per heavy atom. The zero-order valence-electron chi connectivity index (χ0n) is 16.4. The molecule has 3 rings (SSSR count). The first-order chi connectivity index (χ1) is 13.9. The summed E-state index contributed by atoms with van der Waals surface area (Å²) in [7, 11) is -3.57. The van der Waals surface area contributed by atoms with Crippen LogP contribution in [0.2, 0.25) is 0 Å². The van der Waals surface area contributed by atoms with Gasteiger partial charge in [-0.15, -0.1) is 0 Å². The molecule has 1 aliphatic rings. The molecule has 1 amide bonds. The molecule has 0 aromatic heterocycles. The lowest BCUT2D eigenvalue weighted by atomic mass is 10.1. The van der Waals surface area contributed by atoms with Gasteiger partial charge in [0.25, 0.3) is 0 Å². The van der Waals surface area contributed by atoms with E-state index in [1.807, 2.05) is 30.3 Å². The smallest absolute Gasteiger partial charge is 0.306 e. The van der Waals surface area contributed by atoms with Crippen molar-refractivity contribution in [1.82, 2.24) is 4.90 Å². The number of carbonyl (C=O) groups excluding carboxylic acids is 1. The third kappa shape index (κ3) is 7.03. The number of carbonyl (C=O) groups is 1. The van der Waals surface area contributed by atoms with E-state index in [0.717, 1.165) is 36.8 Å². The van der Waals surface area contributed by atoms with E-state index in [9.17, 15) is 13.2 Å². The van der Waals surface area contributed by atoms with Crippen LogP contribution in [0.1, 0.15) is 24.0 Å². The normalized spacial score (nSPS) is 16.8. The van der Waals surface area contributed by atoms with Crippen molar-refractivity contribution in [3.8, 4) is 5.75 Å². The zero-order chi connectivity index (χ0) is 20.7. The molecule has 1 fully saturated rings. The summed E-state index contributed by atoms with van der Waals surface area (Å²) in [6.45, 7) is 1.64. The molecule has 1 unspecified atom stereocenters. The van der Waals surface area contributed by atoms with E-state index in [1.165, 1.54) is 0 Å². The highest BCUT2D eigenvalue weighted by molar-refractivity contribution is 7.86. The molecule has 2 aromatic rings. The van der Waals surface area contributed by atoms with Crippen molar-refractivity contribution in [2.24, 2.45) is 0 Å². The predicted octanol–water partition coefficient (Wildman–Crippen LogP) is 3.25. The van der Waals surface area contributed by atoms with Gasteiger partial charge in [0, 0.05) is 25.8 Å². The molecule has 1 atom stereocenters. The van der Waals surface area contributed by atoms with Gasteiger partial charge in [0.15, 0.2) is 0 Å². The topological polar surface area (TPSA) is 72.9 Å². The van der Waals surface area contributed by atoms with Gasteiger partial charge in [0.2, 0.25) is 5.91 Å². The standard InChI is InChI=1S/C22H25NO5S/c1-29(25,26)28-20-12-9-19(10-13-20)16-23(17-21-8-5-15-27-21)22(24)14-11-18-6-3-2-4-7-18/h2-4,6-7,9-14,21H,5,8,15-17H2,1H3. The molecule has 154 valence electrons. The molecule has 6 nitrogen and oxygen atoms in total. The Labute approximate surface area is 171 Å². The molecule has 0 radical (unpaired) electrons. The molecular weight excluding hydrogens is 390 g/mol. The van der Waals surface area contributed by atoms with Gasteiger partial charge in [-0.1, -0.05) is 42.5 Å². The number of ether oxygens (including phenoxy) is 1. The molecule has 0 aliphatic carbocycles. The van der Waals surface area contributed by atoms with E-state index in [-0.39, 0.29) is 17.8 Å². The average molecular weight is 416 g/mol. The zero-order valence-corrected chi connectivity index (χ0v) is 17.2. The van der Waals surface area contributed by atoms with Crippen LogP contribution < -0.4 is 4.18 Å². The summed E-state index contributed by atoms with van der Waals surface area (Å²) in [5, 5.41) is 0. The molecule has 1 aliphatic heterocycles. The molecule has 0 N–H and O–H groups in total. The second-order valence-corrected chi connectivity index (χ2v) is 8.60. The molecular formula is C22H25NO5S. The maximum Gasteiger partial charge on any atom is 0.306 e. The van der Waals surface area contributed by atoms with E-state index in [2.05, 4.69) is 0 Å². The van der Waals surface area contributed by atoms with E-state index in [0.29, 0.717) is 13.1 Å². The van der Waals surface area contributed by atoms with Gasteiger partial charge < -0.3 is 13.8 Å². The summed E-state index contributed by atoms with van der Waals surface area (Å²) in [6.07, 6.45) is 6.36. The van der Waals surface area contributed by atoms with Gasteiger partial charge in [-0.2, -0.15) is 8.42 Å². The lowest BCUT2D eigenvalue weighted by molar-refractivity contribution is -0.128. The van der Waals surface area contributed by atoms with E-state index >= 15 is 0 Å². The summed E-state index contributed by atoms with van der Waals surface area (Å²) in [4.78, 5) is 14.6. The van der Waals surface area contributed by atoms with Crippen LogP contribution in [0.25, 0.3) is 6.08 Å². The fourth-order valence-corrected chi connectivity index (χ4v) is 3.61. The number of nitrogens with zero attached hydrogens (tertiary/aromatic N) is 1. The van der Waals surface area contributed by atoms with Gasteiger partial charge in [0.05, 0.1) is 12.4 Å². The maximum absolute atomic E-state index is 12.8. The van der Waals surface area contributed by atoms with Crippen LogP contribution in [0.4, 0.5) is 0 Å². The third-order valence-corrected chi connectivity index (χ3v) is 5.02. The van der Waals surface area contributed by atoms with Crippen molar-refractivity contribution in [2.45, 2.75) is 25.5 Å². The van der Waals surface area contributed by atoms with E-state index in [1.54, 1.807) is 41.3 Å². The van der Waals surface area contributed by atoms with Crippen molar-refractivity contribution in [2.75, 3.05) is 19.4 Å². The number of rotatable bonds is 8. The number of amides is 1. The minimum atomic E-state index is -3.57. The largest absolute Gasteiger partial charge is 0.383 e. The van der Waals surface area contributed by atoms with Gasteiger partial charge in [-0.25, -0.2) is 0 Å². The fourth-order valence-electron chi connectivity index (χ4n) is 3.15. The Bertz CT molecular complexity index is 933. The fraction of sp³-hybridized carbons (Fsp3) is 0.318. The molecule has 1 heterocycles. The number of hydrogen-bond acceptors (Lipinski definition) is 5. The minimum absolute atomic E-state index is 0.0388. The molecule has 0 saturated carbocycles. The summed E-state index contributed by atoms with van der Waals surface area (Å²) in [5.74, 6) is 0.151. The van der Waals surface area contributed by atoms with Crippen molar-refractivity contribution < 1.29 is 22.1 Å². The molecule has 7 heteroatoms. The number of benzene rings is 2. The van der Waals surface area contributed by atoms with Gasteiger partial charge in [0.1, 0.15) is 5.75 Å². The average Bonchev–Trinajstić information content (AvgIpc) is 3.20. The van der Waals surface area contributed by atoms with Crippen molar-refractivity contribution >= 4 is 22.1 Å². The first kappa shape index (κ1) is 21.1. The van der Waals surface area contributed by atoms with Crippen molar-refractivity contribution in [3.05, 3.63) is 71.8 Å². The van der Waals surface area contributed by atoms with Gasteiger partial charge in [-0.3, -0.25) is 4.79 Å². The summed E-state index contributed by atoms with van der Waals surface area (Å²) in [6, 6.07) is 16.4. The summed E-state index contributed by atoms with van der Waals surface area (Å²) < 4.78 is 33.0. The van der Waals surface area contributed by atoms with Crippen LogP contribution in [-0.4, -0.2) is 44.7 Å². The molecule has 0 spiro atoms. The highest BCUT2D eigenvalue weighted by atomic mass is 32.2. The first-order valence-electron chi connectivity index (χ1n) is 9.51. The Morgan fingerprint density at radius 2 is 1.90 bits per heavy atom. The van der Waals surface area contributed by atoms with Crippen molar-refractivity contribution in [3.63, 3.8) is 0 Å². The van der Waals surface area contributed by atoms with Crippen molar-refractivity contribution in [1.29, 1.82) is 0 Å². The lowest BCUT2D eigenvalue weighted by Crippen LogP contribution is -2.35. The minimum Gasteiger partial charge on any atom is -0.383 e. The molecule has 2 aromatic carbocycles. The first-order valence-corrected chi connectivity index (χ1v) is 11.3. The van der Waals surface area contributed by atoms with E-state index in [4.69, 9.17) is 8.92 Å². The lowest BCUT2D eigenvalue weighted by Gasteiger charge is -2.24. The highest BCUT2D eigenvalue weighted by Gasteiger charge is 2.21. The Morgan fingerprint density at radius 3 is 2.52 bits per heavy atom. The SMILES string of the molecule is CS(=O)(=O)Oc1ccc(CN(CC2CCCO2)C(=O)C=Cc2ccccc2)cc1. The van der Waals surface area contributed by atoms with Crippen LogP contribution in [0, 0.1) is 0 Å². The van der Waals surface area contributed by atoms with Crippen LogP contribution in [0.15, 0.2) is 60.7 Å². The van der Waals surface area contributed by atoms with Crippen LogP contribution >= 0.6 is 0 Å². The Hall–Kier alpha value is -2.64. The molecule has 1 saturated heterocycles. The highest BCUT2D eigenvalue weighted by Crippen LogP contribution is 2.18. The van der Waals surface area contributed by atoms with E-state index < -0.39 is 10.1 Å². The Balaban J connectivity index is 1.70. The second kappa shape index (κ2) is 9.71. The van der Waals surface area contributed by atoms with Crippen LogP contribution in [-0.2, 0) is 26.2 Å². The maximum atomic E-state index is 12.8. The van der Waals surface area contributed by atoms with Gasteiger partial charge in [-0.05, 0) is 42.2 Å². The van der Waals surface area contributed by atoms with Crippen LogP contribution in [0.5, 0.6) is 5.75 Å². The summed E-state index contributed by atoms with van der Waals surface area (Å²) >= 11 is 0. The predicted molar refractivity (Wildman–Crippen MR) is 112 cm³/mol. The molecule has 29 heavy (non-hydrogen) atoms. The third-order valence-electron chi connectivity index (χ3n) is 4.52. The number of hydrogen-bond donors (Lipinski definition) is 0. The second-order valence-electron chi connectivity index (χ2n) is 7.03.